The number of allylic oxidation sites excluding steroid dienone is 2. The monoisotopic (exact) mass is 508 g/mol. The molecule has 1 fully saturated rings. The Morgan fingerprint density at radius 2 is 1.75 bits per heavy atom. The lowest BCUT2D eigenvalue weighted by atomic mass is 10.0. The van der Waals surface area contributed by atoms with Crippen molar-refractivity contribution in [3.8, 4) is 0 Å². The quantitative estimate of drug-likeness (QED) is 0.623. The predicted octanol–water partition coefficient (Wildman–Crippen LogP) is 4.08. The van der Waals surface area contributed by atoms with E-state index in [1.54, 1.807) is 0 Å². The Labute approximate surface area is 189 Å². The van der Waals surface area contributed by atoms with Crippen LogP contribution in [0.1, 0.15) is 25.3 Å². The molecule has 0 amide bonds. The van der Waals surface area contributed by atoms with E-state index in [0.717, 1.165) is 28.4 Å². The van der Waals surface area contributed by atoms with E-state index in [2.05, 4.69) is 0 Å². The Morgan fingerprint density at radius 1 is 1.09 bits per heavy atom. The maximum Gasteiger partial charge on any atom is 0.416 e. The summed E-state index contributed by atoms with van der Waals surface area (Å²) in [5.41, 5.74) is -0.890. The molecule has 32 heavy (non-hydrogen) atoms. The Balaban J connectivity index is 1.85. The van der Waals surface area contributed by atoms with Crippen LogP contribution in [0.5, 0.6) is 0 Å². The van der Waals surface area contributed by atoms with Gasteiger partial charge in [-0.3, -0.25) is 0 Å². The van der Waals surface area contributed by atoms with Crippen molar-refractivity contribution in [3.63, 3.8) is 0 Å². The number of aromatic nitrogens is 1. The third-order valence-corrected chi connectivity index (χ3v) is 11.1. The molecule has 0 saturated carbocycles. The molecule has 1 saturated heterocycles. The van der Waals surface area contributed by atoms with Crippen LogP contribution in [0.25, 0.3) is 10.9 Å². The SMILES string of the molecule is CC1(S(=O)(=O)n2ccc3cc(C(F)(F)F)ccc32)C=CC(Cl)=CC1S(=O)(=O)N1CCCC1. The van der Waals surface area contributed by atoms with Crippen LogP contribution in [-0.2, 0) is 26.2 Å². The molecule has 12 heteroatoms. The lowest BCUT2D eigenvalue weighted by Crippen LogP contribution is -2.54. The van der Waals surface area contributed by atoms with Gasteiger partial charge in [-0.05, 0) is 56.2 Å². The van der Waals surface area contributed by atoms with E-state index in [1.165, 1.54) is 35.5 Å². The molecular weight excluding hydrogens is 489 g/mol. The number of fused-ring (bicyclic) bond motifs is 1. The van der Waals surface area contributed by atoms with Gasteiger partial charge < -0.3 is 0 Å². The number of benzene rings is 1. The Hall–Kier alpha value is -1.82. The van der Waals surface area contributed by atoms with Crippen molar-refractivity contribution in [2.24, 2.45) is 0 Å². The highest BCUT2D eigenvalue weighted by Crippen LogP contribution is 2.39. The summed E-state index contributed by atoms with van der Waals surface area (Å²) in [6.45, 7) is 1.86. The van der Waals surface area contributed by atoms with E-state index < -0.39 is 41.8 Å². The average molecular weight is 509 g/mol. The Bertz CT molecular complexity index is 1340. The van der Waals surface area contributed by atoms with E-state index in [1.807, 2.05) is 0 Å². The second-order valence-electron chi connectivity index (χ2n) is 8.03. The lowest BCUT2D eigenvalue weighted by molar-refractivity contribution is -0.137. The maximum absolute atomic E-state index is 13.8. The second-order valence-corrected chi connectivity index (χ2v) is 12.7. The van der Waals surface area contributed by atoms with Crippen LogP contribution in [-0.4, -0.2) is 48.2 Å². The minimum absolute atomic E-state index is 0.0191. The van der Waals surface area contributed by atoms with E-state index in [9.17, 15) is 30.0 Å². The molecule has 2 aromatic rings. The molecule has 1 aliphatic carbocycles. The third kappa shape index (κ3) is 3.59. The summed E-state index contributed by atoms with van der Waals surface area (Å²) in [5.74, 6) is 0. The fourth-order valence-corrected chi connectivity index (χ4v) is 8.88. The Morgan fingerprint density at radius 3 is 2.38 bits per heavy atom. The molecule has 2 heterocycles. The van der Waals surface area contributed by atoms with Gasteiger partial charge >= 0.3 is 6.18 Å². The largest absolute Gasteiger partial charge is 0.416 e. The maximum atomic E-state index is 13.8. The standard InChI is InChI=1S/C20H20ClF3N2O4S2/c1-19(8-6-16(21)13-18(19)31(27,28)25-9-2-3-10-25)32(29,30)26-11-7-14-12-15(20(22,23)24)4-5-17(14)26/h4-8,11-13,18H,2-3,9-10H2,1H3. The van der Waals surface area contributed by atoms with Gasteiger partial charge in [-0.1, -0.05) is 17.7 Å². The van der Waals surface area contributed by atoms with Crippen LogP contribution in [0.3, 0.4) is 0 Å². The molecule has 1 aromatic heterocycles. The molecule has 0 radical (unpaired) electrons. The van der Waals surface area contributed by atoms with E-state index in [4.69, 9.17) is 11.6 Å². The number of halogens is 4. The molecule has 2 aliphatic rings. The number of hydrogen-bond acceptors (Lipinski definition) is 4. The van der Waals surface area contributed by atoms with Crippen LogP contribution in [0.4, 0.5) is 13.2 Å². The molecule has 0 bridgehead atoms. The first-order valence-electron chi connectivity index (χ1n) is 9.77. The van der Waals surface area contributed by atoms with Gasteiger partial charge in [-0.15, -0.1) is 0 Å². The highest BCUT2D eigenvalue weighted by atomic mass is 35.5. The molecule has 1 aliphatic heterocycles. The summed E-state index contributed by atoms with van der Waals surface area (Å²) < 4.78 is 93.6. The summed E-state index contributed by atoms with van der Waals surface area (Å²) in [6, 6.07) is 3.97. The number of hydrogen-bond donors (Lipinski definition) is 0. The highest BCUT2D eigenvalue weighted by molar-refractivity contribution is 7.95. The number of nitrogens with zero attached hydrogens (tertiary/aromatic N) is 2. The van der Waals surface area contributed by atoms with Crippen molar-refractivity contribution >= 4 is 42.6 Å². The summed E-state index contributed by atoms with van der Waals surface area (Å²) in [5, 5.41) is -1.33. The van der Waals surface area contributed by atoms with Crippen molar-refractivity contribution < 1.29 is 30.0 Å². The Kier molecular flexibility index (Phi) is 5.55. The zero-order valence-corrected chi connectivity index (χ0v) is 19.3. The average Bonchev–Trinajstić information content (AvgIpc) is 3.39. The van der Waals surface area contributed by atoms with Gasteiger partial charge in [0, 0.05) is 29.7 Å². The van der Waals surface area contributed by atoms with Crippen molar-refractivity contribution in [3.05, 3.63) is 59.3 Å². The lowest BCUT2D eigenvalue weighted by Gasteiger charge is -2.36. The van der Waals surface area contributed by atoms with Gasteiger partial charge in [0.25, 0.3) is 0 Å². The van der Waals surface area contributed by atoms with Gasteiger partial charge in [0.05, 0.1) is 11.1 Å². The molecular formula is C20H20ClF3N2O4S2. The molecule has 0 spiro atoms. The minimum Gasteiger partial charge on any atom is -0.244 e. The molecule has 0 N–H and O–H groups in total. The topological polar surface area (TPSA) is 76.5 Å². The number of sulfonamides is 1. The van der Waals surface area contributed by atoms with Crippen molar-refractivity contribution in [1.29, 1.82) is 0 Å². The van der Waals surface area contributed by atoms with E-state index in [0.29, 0.717) is 12.8 Å². The minimum atomic E-state index is -4.58. The molecule has 174 valence electrons. The zero-order chi connectivity index (χ0) is 23.5. The molecule has 2 unspecified atom stereocenters. The summed E-state index contributed by atoms with van der Waals surface area (Å²) in [4.78, 5) is 0. The smallest absolute Gasteiger partial charge is 0.244 e. The first kappa shape index (κ1) is 23.3. The van der Waals surface area contributed by atoms with Gasteiger partial charge in [-0.2, -0.15) is 13.2 Å². The molecule has 6 nitrogen and oxygen atoms in total. The molecule has 1 aromatic carbocycles. The second kappa shape index (κ2) is 7.61. The van der Waals surface area contributed by atoms with Crippen LogP contribution >= 0.6 is 11.6 Å². The highest BCUT2D eigenvalue weighted by Gasteiger charge is 2.53. The fourth-order valence-electron chi connectivity index (χ4n) is 4.14. The summed E-state index contributed by atoms with van der Waals surface area (Å²) in [7, 11) is -8.51. The van der Waals surface area contributed by atoms with Crippen molar-refractivity contribution in [2.75, 3.05) is 13.1 Å². The normalized spacial score (nSPS) is 25.4. The van der Waals surface area contributed by atoms with Crippen LogP contribution in [0.15, 0.2) is 53.7 Å². The van der Waals surface area contributed by atoms with Crippen LogP contribution in [0, 0.1) is 0 Å². The first-order valence-corrected chi connectivity index (χ1v) is 13.1. The van der Waals surface area contributed by atoms with Gasteiger partial charge in [-0.25, -0.2) is 25.1 Å². The number of rotatable bonds is 4. The van der Waals surface area contributed by atoms with E-state index in [-0.39, 0.29) is 29.0 Å². The van der Waals surface area contributed by atoms with Crippen molar-refractivity contribution in [2.45, 2.75) is 35.9 Å². The predicted molar refractivity (Wildman–Crippen MR) is 116 cm³/mol. The molecule has 2 atom stereocenters. The van der Waals surface area contributed by atoms with E-state index >= 15 is 0 Å². The summed E-state index contributed by atoms with van der Waals surface area (Å²) >= 11 is 6.06. The van der Waals surface area contributed by atoms with Crippen LogP contribution in [0.2, 0.25) is 0 Å². The zero-order valence-electron chi connectivity index (χ0n) is 16.9. The van der Waals surface area contributed by atoms with Crippen molar-refractivity contribution in [1.82, 2.24) is 8.28 Å². The van der Waals surface area contributed by atoms with Crippen LogP contribution < -0.4 is 0 Å². The third-order valence-electron chi connectivity index (χ3n) is 5.99. The summed E-state index contributed by atoms with van der Waals surface area (Å²) in [6.07, 6.45) is 1.67. The van der Waals surface area contributed by atoms with Gasteiger partial charge in [0.2, 0.25) is 20.0 Å². The number of alkyl halides is 3. The van der Waals surface area contributed by atoms with Gasteiger partial charge in [0.1, 0.15) is 10.00 Å². The molecule has 4 rings (SSSR count). The van der Waals surface area contributed by atoms with Gasteiger partial charge in [0.15, 0.2) is 0 Å². The first-order chi connectivity index (χ1) is 14.8. The fraction of sp³-hybridized carbons (Fsp3) is 0.400.